The average molecular weight is 467 g/mol. The van der Waals surface area contributed by atoms with E-state index in [0.29, 0.717) is 32.0 Å². The van der Waals surface area contributed by atoms with Crippen molar-refractivity contribution in [1.82, 2.24) is 10.2 Å². The van der Waals surface area contributed by atoms with Crippen molar-refractivity contribution in [1.29, 1.82) is 0 Å². The normalized spacial score (nSPS) is 15.3. The van der Waals surface area contributed by atoms with Crippen LogP contribution < -0.4 is 15.8 Å². The fourth-order valence-electron chi connectivity index (χ4n) is 3.78. The Morgan fingerprint density at radius 2 is 1.73 bits per heavy atom. The van der Waals surface area contributed by atoms with Gasteiger partial charge in [-0.3, -0.25) is 9.59 Å². The number of carbonyl (C=O) groups excluding carboxylic acids is 2. The minimum Gasteiger partial charge on any atom is -0.494 e. The van der Waals surface area contributed by atoms with Gasteiger partial charge in [0, 0.05) is 43.2 Å². The molecule has 0 aromatic heterocycles. The van der Waals surface area contributed by atoms with E-state index in [2.05, 4.69) is 5.32 Å². The third kappa shape index (κ3) is 6.22. The molecule has 2 aromatic carbocycles. The molecule has 1 aliphatic rings. The second-order valence-electron chi connectivity index (χ2n) is 8.00. The number of nitrogens with zero attached hydrogens (tertiary/aromatic N) is 1. The molecule has 178 valence electrons. The van der Waals surface area contributed by atoms with E-state index in [9.17, 15) is 27.2 Å². The second kappa shape index (κ2) is 10.7. The largest absolute Gasteiger partial charge is 0.494 e. The molecule has 0 spiro atoms. The van der Waals surface area contributed by atoms with E-state index in [1.165, 1.54) is 19.2 Å². The number of rotatable bonds is 7. The van der Waals surface area contributed by atoms with Crippen molar-refractivity contribution >= 4 is 11.8 Å². The zero-order chi connectivity index (χ0) is 24.1. The Hall–Kier alpha value is -3.14. The molecular weight excluding hydrogens is 442 g/mol. The molecule has 2 amide bonds. The molecule has 0 saturated carbocycles. The lowest BCUT2D eigenvalue weighted by molar-refractivity contribution is -0.132. The van der Waals surface area contributed by atoms with Crippen LogP contribution in [0, 0.1) is 23.3 Å². The molecule has 1 atom stereocenters. The van der Waals surface area contributed by atoms with Crippen LogP contribution in [0.2, 0.25) is 0 Å². The molecule has 1 heterocycles. The predicted octanol–water partition coefficient (Wildman–Crippen LogP) is 2.93. The van der Waals surface area contributed by atoms with Gasteiger partial charge in [-0.1, -0.05) is 0 Å². The van der Waals surface area contributed by atoms with E-state index >= 15 is 0 Å². The summed E-state index contributed by atoms with van der Waals surface area (Å²) >= 11 is 0. The van der Waals surface area contributed by atoms with Crippen LogP contribution in [0.5, 0.6) is 5.75 Å². The highest BCUT2D eigenvalue weighted by Crippen LogP contribution is 2.19. The van der Waals surface area contributed by atoms with Gasteiger partial charge < -0.3 is 20.7 Å². The van der Waals surface area contributed by atoms with Crippen molar-refractivity contribution in [2.45, 2.75) is 37.8 Å². The summed E-state index contributed by atoms with van der Waals surface area (Å²) in [6.07, 6.45) is 0.812. The van der Waals surface area contributed by atoms with Gasteiger partial charge in [0.2, 0.25) is 5.91 Å². The first-order chi connectivity index (χ1) is 15.7. The van der Waals surface area contributed by atoms with Crippen molar-refractivity contribution in [3.63, 3.8) is 0 Å². The van der Waals surface area contributed by atoms with E-state index in [1.54, 1.807) is 4.90 Å². The Bertz CT molecular complexity index is 1030. The number of piperidine rings is 1. The van der Waals surface area contributed by atoms with Gasteiger partial charge in [-0.15, -0.1) is 0 Å². The number of hydrogen-bond acceptors (Lipinski definition) is 4. The maximum absolute atomic E-state index is 13.8. The fraction of sp³-hybridized carbons (Fsp3) is 0.391. The highest BCUT2D eigenvalue weighted by atomic mass is 19.2. The monoisotopic (exact) mass is 467 g/mol. The second-order valence-corrected chi connectivity index (χ2v) is 8.00. The van der Waals surface area contributed by atoms with Gasteiger partial charge in [-0.25, -0.2) is 17.6 Å². The van der Waals surface area contributed by atoms with Gasteiger partial charge in [0.1, 0.15) is 5.82 Å². The quantitative estimate of drug-likeness (QED) is 0.485. The van der Waals surface area contributed by atoms with Crippen LogP contribution >= 0.6 is 0 Å². The molecule has 33 heavy (non-hydrogen) atoms. The Balaban J connectivity index is 1.47. The Labute approximate surface area is 188 Å². The maximum Gasteiger partial charge on any atom is 0.251 e. The molecule has 3 rings (SSSR count). The number of methoxy groups -OCH3 is 1. The number of nitrogens with two attached hydrogens (primary N) is 1. The summed E-state index contributed by atoms with van der Waals surface area (Å²) in [6, 6.07) is 4.20. The first kappa shape index (κ1) is 24.5. The van der Waals surface area contributed by atoms with E-state index in [1.807, 2.05) is 0 Å². The summed E-state index contributed by atoms with van der Waals surface area (Å²) in [4.78, 5) is 26.5. The molecule has 0 radical (unpaired) electrons. The molecule has 1 fully saturated rings. The highest BCUT2D eigenvalue weighted by Gasteiger charge is 2.26. The van der Waals surface area contributed by atoms with Gasteiger partial charge in [0.25, 0.3) is 5.91 Å². The van der Waals surface area contributed by atoms with Crippen molar-refractivity contribution in [2.75, 3.05) is 20.2 Å². The lowest BCUT2D eigenvalue weighted by Gasteiger charge is -2.33. The molecule has 3 N–H and O–H groups in total. The molecule has 6 nitrogen and oxygen atoms in total. The topological polar surface area (TPSA) is 84.7 Å². The van der Waals surface area contributed by atoms with E-state index in [-0.39, 0.29) is 41.7 Å². The van der Waals surface area contributed by atoms with Crippen molar-refractivity contribution in [3.8, 4) is 5.75 Å². The number of ether oxygens (including phenoxy) is 1. The zero-order valence-corrected chi connectivity index (χ0v) is 18.0. The van der Waals surface area contributed by atoms with Crippen LogP contribution in [0.3, 0.4) is 0 Å². The van der Waals surface area contributed by atoms with Crippen LogP contribution in [0.15, 0.2) is 30.3 Å². The van der Waals surface area contributed by atoms with Crippen LogP contribution in [0.1, 0.15) is 35.2 Å². The molecule has 10 heteroatoms. The Morgan fingerprint density at radius 1 is 1.06 bits per heavy atom. The number of carbonyl (C=O) groups is 2. The number of amides is 2. The minimum atomic E-state index is -1.28. The SMILES string of the molecule is COc1ccc(C(=O)NC2CCN(C(=O)C[C@H](N)Cc3cc(F)c(F)cc3F)CC2)cc1F. The summed E-state index contributed by atoms with van der Waals surface area (Å²) in [5.41, 5.74) is 6.01. The lowest BCUT2D eigenvalue weighted by Crippen LogP contribution is -2.47. The number of halogens is 4. The summed E-state index contributed by atoms with van der Waals surface area (Å²) < 4.78 is 58.8. The Kier molecular flexibility index (Phi) is 7.91. The summed E-state index contributed by atoms with van der Waals surface area (Å²) in [5, 5.41) is 2.83. The van der Waals surface area contributed by atoms with Crippen LogP contribution in [0.25, 0.3) is 0 Å². The van der Waals surface area contributed by atoms with Crippen molar-refractivity contribution in [3.05, 3.63) is 64.7 Å². The molecule has 1 saturated heterocycles. The van der Waals surface area contributed by atoms with Gasteiger partial charge in [0.05, 0.1) is 7.11 Å². The van der Waals surface area contributed by atoms with Gasteiger partial charge >= 0.3 is 0 Å². The average Bonchev–Trinajstić information content (AvgIpc) is 2.77. The van der Waals surface area contributed by atoms with Crippen molar-refractivity contribution in [2.24, 2.45) is 5.73 Å². The third-order valence-electron chi connectivity index (χ3n) is 5.61. The molecule has 0 aliphatic carbocycles. The van der Waals surface area contributed by atoms with Crippen LogP contribution in [0.4, 0.5) is 17.6 Å². The van der Waals surface area contributed by atoms with E-state index in [0.717, 1.165) is 12.1 Å². The lowest BCUT2D eigenvalue weighted by atomic mass is 10.0. The van der Waals surface area contributed by atoms with E-state index < -0.39 is 35.2 Å². The predicted molar refractivity (Wildman–Crippen MR) is 113 cm³/mol. The standard InChI is InChI=1S/C23H25F4N3O3/c1-33-21-3-2-13(9-20(21)27)23(32)29-16-4-6-30(7-5-16)22(31)11-15(28)8-14-10-18(25)19(26)12-17(14)24/h2-3,9-10,12,15-16H,4-8,11,28H2,1H3,(H,29,32)/t15-/m1/s1. The third-order valence-corrected chi connectivity index (χ3v) is 5.61. The summed E-state index contributed by atoms with van der Waals surface area (Å²) in [5.74, 6) is -4.62. The van der Waals surface area contributed by atoms with Crippen LogP contribution in [-0.4, -0.2) is 49.0 Å². The van der Waals surface area contributed by atoms with Crippen LogP contribution in [-0.2, 0) is 11.2 Å². The number of likely N-dealkylation sites (tertiary alicyclic amines) is 1. The fourth-order valence-corrected chi connectivity index (χ4v) is 3.78. The number of nitrogens with one attached hydrogen (secondary N) is 1. The Morgan fingerprint density at radius 3 is 2.36 bits per heavy atom. The number of hydrogen-bond donors (Lipinski definition) is 2. The van der Waals surface area contributed by atoms with E-state index in [4.69, 9.17) is 10.5 Å². The van der Waals surface area contributed by atoms with Gasteiger partial charge in [0.15, 0.2) is 23.2 Å². The van der Waals surface area contributed by atoms with Gasteiger partial charge in [-0.2, -0.15) is 0 Å². The molecule has 0 unspecified atom stereocenters. The maximum atomic E-state index is 13.8. The highest BCUT2D eigenvalue weighted by molar-refractivity contribution is 5.94. The van der Waals surface area contributed by atoms with Crippen molar-refractivity contribution < 1.29 is 31.9 Å². The summed E-state index contributed by atoms with van der Waals surface area (Å²) in [6.45, 7) is 0.764. The first-order valence-corrected chi connectivity index (χ1v) is 10.5. The molecule has 1 aliphatic heterocycles. The molecule has 0 bridgehead atoms. The first-order valence-electron chi connectivity index (χ1n) is 10.5. The molecular formula is C23H25F4N3O3. The zero-order valence-electron chi connectivity index (χ0n) is 18.0. The smallest absolute Gasteiger partial charge is 0.251 e. The van der Waals surface area contributed by atoms with Gasteiger partial charge in [-0.05, 0) is 49.1 Å². The molecule has 2 aromatic rings. The summed E-state index contributed by atoms with van der Waals surface area (Å²) in [7, 11) is 1.33. The number of benzene rings is 2. The minimum absolute atomic E-state index is 0.0453.